The Balaban J connectivity index is 2.26. The van der Waals surface area contributed by atoms with Crippen LogP contribution in [0.1, 0.15) is 5.69 Å². The second kappa shape index (κ2) is 4.85. The quantitative estimate of drug-likeness (QED) is 0.790. The summed E-state index contributed by atoms with van der Waals surface area (Å²) in [7, 11) is 0. The van der Waals surface area contributed by atoms with Crippen LogP contribution in [-0.2, 0) is 6.18 Å². The molecule has 0 bridgehead atoms. The van der Waals surface area contributed by atoms with Crippen LogP contribution in [0.25, 0.3) is 16.4 Å². The van der Waals surface area contributed by atoms with Crippen LogP contribution in [0.3, 0.4) is 0 Å². The van der Waals surface area contributed by atoms with E-state index in [1.54, 1.807) is 23.6 Å². The van der Waals surface area contributed by atoms with Gasteiger partial charge in [-0.3, -0.25) is 0 Å². The van der Waals surface area contributed by atoms with Crippen molar-refractivity contribution in [3.8, 4) is 16.4 Å². The van der Waals surface area contributed by atoms with Crippen molar-refractivity contribution in [2.75, 3.05) is 5.73 Å². The monoisotopic (exact) mass is 311 g/mol. The van der Waals surface area contributed by atoms with E-state index in [1.165, 1.54) is 12.4 Å². The van der Waals surface area contributed by atoms with Gasteiger partial charge in [-0.15, -0.1) is 11.3 Å². The molecule has 3 aromatic rings. The molecule has 0 saturated heterocycles. The fraction of sp³-hybridized carbons (Fsp3) is 0.0833. The lowest BCUT2D eigenvalue weighted by atomic mass is 10.2. The summed E-state index contributed by atoms with van der Waals surface area (Å²) >= 11 is 1.15. The van der Waals surface area contributed by atoms with Crippen LogP contribution in [0.5, 0.6) is 0 Å². The van der Waals surface area contributed by atoms with Crippen molar-refractivity contribution < 1.29 is 13.2 Å². The lowest BCUT2D eigenvalue weighted by molar-refractivity contribution is -0.140. The van der Waals surface area contributed by atoms with Gasteiger partial charge in [0.1, 0.15) is 5.82 Å². The van der Waals surface area contributed by atoms with Gasteiger partial charge in [0.2, 0.25) is 0 Å². The number of nitrogens with zero attached hydrogens (tertiary/aromatic N) is 4. The second-order valence-electron chi connectivity index (χ2n) is 4.04. The Hall–Kier alpha value is -2.42. The highest BCUT2D eigenvalue weighted by Crippen LogP contribution is 2.41. The Bertz CT molecular complexity index is 749. The maximum Gasteiger partial charge on any atom is 0.435 e. The van der Waals surface area contributed by atoms with Gasteiger partial charge in [-0.25, -0.2) is 9.97 Å². The third-order valence-corrected chi connectivity index (χ3v) is 3.59. The zero-order chi connectivity index (χ0) is 15.0. The Morgan fingerprint density at radius 2 is 1.86 bits per heavy atom. The van der Waals surface area contributed by atoms with E-state index in [-0.39, 0.29) is 17.3 Å². The highest BCUT2D eigenvalue weighted by atomic mass is 32.1. The smallest absolute Gasteiger partial charge is 0.383 e. The number of anilines is 1. The third-order valence-electron chi connectivity index (χ3n) is 2.70. The fourth-order valence-electron chi connectivity index (χ4n) is 1.85. The number of nitrogens with two attached hydrogens (primary N) is 1. The van der Waals surface area contributed by atoms with Gasteiger partial charge in [-0.1, -0.05) is 6.07 Å². The van der Waals surface area contributed by atoms with Gasteiger partial charge in [0.25, 0.3) is 5.95 Å². The number of rotatable bonds is 2. The molecule has 3 aromatic heterocycles. The molecule has 5 nitrogen and oxygen atoms in total. The number of hydrogen-bond donors (Lipinski definition) is 1. The van der Waals surface area contributed by atoms with Crippen LogP contribution < -0.4 is 5.73 Å². The molecule has 0 unspecified atom stereocenters. The molecule has 108 valence electrons. The molecule has 0 aliphatic rings. The number of nitrogen functional groups attached to an aromatic ring is 1. The topological polar surface area (TPSA) is 69.6 Å². The molecule has 0 fully saturated rings. The fourth-order valence-corrected chi connectivity index (χ4v) is 2.63. The molecule has 0 spiro atoms. The lowest BCUT2D eigenvalue weighted by Gasteiger charge is -2.04. The highest BCUT2D eigenvalue weighted by molar-refractivity contribution is 7.13. The standard InChI is InChI=1S/C12H8F3N5S/c13-12(14,15)9-8(7-3-1-6-21-7)10(16)20(19-9)11-17-4-2-5-18-11/h1-6H,16H2. The van der Waals surface area contributed by atoms with Crippen molar-refractivity contribution in [2.24, 2.45) is 0 Å². The summed E-state index contributed by atoms with van der Waals surface area (Å²) in [6.07, 6.45) is -1.81. The maximum atomic E-state index is 13.2. The van der Waals surface area contributed by atoms with E-state index in [0.29, 0.717) is 4.88 Å². The molecule has 0 saturated carbocycles. The first kappa shape index (κ1) is 13.6. The van der Waals surface area contributed by atoms with Crippen LogP contribution in [-0.4, -0.2) is 19.7 Å². The van der Waals surface area contributed by atoms with E-state index < -0.39 is 11.9 Å². The Kier molecular flexibility index (Phi) is 3.13. The van der Waals surface area contributed by atoms with Crippen molar-refractivity contribution in [2.45, 2.75) is 6.18 Å². The summed E-state index contributed by atoms with van der Waals surface area (Å²) in [4.78, 5) is 8.14. The molecule has 0 aliphatic heterocycles. The van der Waals surface area contributed by atoms with E-state index in [2.05, 4.69) is 15.1 Å². The van der Waals surface area contributed by atoms with Crippen LogP contribution >= 0.6 is 11.3 Å². The molecular formula is C12H8F3N5S. The van der Waals surface area contributed by atoms with Crippen LogP contribution in [0.2, 0.25) is 0 Å². The maximum absolute atomic E-state index is 13.2. The molecule has 0 radical (unpaired) electrons. The van der Waals surface area contributed by atoms with Crippen molar-refractivity contribution in [3.05, 3.63) is 41.7 Å². The van der Waals surface area contributed by atoms with Crippen LogP contribution in [0.15, 0.2) is 36.0 Å². The number of hydrogen-bond acceptors (Lipinski definition) is 5. The molecule has 0 aromatic carbocycles. The zero-order valence-corrected chi connectivity index (χ0v) is 11.2. The minimum atomic E-state index is -4.62. The van der Waals surface area contributed by atoms with Gasteiger partial charge >= 0.3 is 6.18 Å². The molecule has 0 aliphatic carbocycles. The van der Waals surface area contributed by atoms with Crippen molar-refractivity contribution in [1.82, 2.24) is 19.7 Å². The zero-order valence-electron chi connectivity index (χ0n) is 10.4. The lowest BCUT2D eigenvalue weighted by Crippen LogP contribution is -2.09. The average Bonchev–Trinajstić information content (AvgIpc) is 3.06. The van der Waals surface area contributed by atoms with Gasteiger partial charge in [-0.2, -0.15) is 23.0 Å². The first-order valence-electron chi connectivity index (χ1n) is 5.75. The number of aromatic nitrogens is 4. The number of alkyl halides is 3. The summed E-state index contributed by atoms with van der Waals surface area (Å²) in [6.45, 7) is 0. The first-order chi connectivity index (χ1) is 9.98. The van der Waals surface area contributed by atoms with E-state index in [1.807, 2.05) is 0 Å². The van der Waals surface area contributed by atoms with Gasteiger partial charge in [-0.05, 0) is 17.5 Å². The Labute approximate surface area is 120 Å². The van der Waals surface area contributed by atoms with E-state index >= 15 is 0 Å². The molecule has 21 heavy (non-hydrogen) atoms. The van der Waals surface area contributed by atoms with Gasteiger partial charge < -0.3 is 5.73 Å². The molecule has 0 atom stereocenters. The van der Waals surface area contributed by atoms with Crippen LogP contribution in [0, 0.1) is 0 Å². The normalized spacial score (nSPS) is 11.8. The molecular weight excluding hydrogens is 303 g/mol. The van der Waals surface area contributed by atoms with Crippen LogP contribution in [0.4, 0.5) is 19.0 Å². The van der Waals surface area contributed by atoms with Gasteiger partial charge in [0.15, 0.2) is 5.69 Å². The Morgan fingerprint density at radius 1 is 1.14 bits per heavy atom. The SMILES string of the molecule is Nc1c(-c2cccs2)c(C(F)(F)F)nn1-c1ncccn1. The van der Waals surface area contributed by atoms with Gasteiger partial charge in [0, 0.05) is 17.3 Å². The average molecular weight is 311 g/mol. The summed E-state index contributed by atoms with van der Waals surface area (Å²) in [5, 5.41) is 5.23. The van der Waals surface area contributed by atoms with E-state index in [4.69, 9.17) is 5.73 Å². The summed E-state index contributed by atoms with van der Waals surface area (Å²) in [5.74, 6) is -0.153. The molecule has 2 N–H and O–H groups in total. The molecule has 0 amide bonds. The van der Waals surface area contributed by atoms with Crippen molar-refractivity contribution in [3.63, 3.8) is 0 Å². The first-order valence-corrected chi connectivity index (χ1v) is 6.63. The summed E-state index contributed by atoms with van der Waals surface area (Å²) in [6, 6.07) is 4.76. The summed E-state index contributed by atoms with van der Waals surface area (Å²) < 4.78 is 40.4. The van der Waals surface area contributed by atoms with Gasteiger partial charge in [0.05, 0.1) is 5.56 Å². The predicted octanol–water partition coefficient (Wildman–Crippen LogP) is 2.99. The number of thiophene rings is 1. The highest BCUT2D eigenvalue weighted by Gasteiger charge is 2.40. The second-order valence-corrected chi connectivity index (χ2v) is 4.99. The largest absolute Gasteiger partial charge is 0.435 e. The van der Waals surface area contributed by atoms with Crippen molar-refractivity contribution in [1.29, 1.82) is 0 Å². The molecule has 3 heterocycles. The summed E-state index contributed by atoms with van der Waals surface area (Å²) in [5.41, 5.74) is 4.66. The minimum absolute atomic E-state index is 0.0108. The third kappa shape index (κ3) is 2.35. The van der Waals surface area contributed by atoms with E-state index in [9.17, 15) is 13.2 Å². The number of halogens is 3. The predicted molar refractivity (Wildman–Crippen MR) is 71.9 cm³/mol. The Morgan fingerprint density at radius 3 is 2.43 bits per heavy atom. The molecule has 3 rings (SSSR count). The van der Waals surface area contributed by atoms with Crippen molar-refractivity contribution >= 4 is 17.2 Å². The molecule has 9 heteroatoms. The minimum Gasteiger partial charge on any atom is -0.383 e. The van der Waals surface area contributed by atoms with E-state index in [0.717, 1.165) is 16.0 Å².